The molecule has 7 heteroatoms. The number of aliphatic hydroxyl groups is 1. The zero-order valence-corrected chi connectivity index (χ0v) is 21.2. The Morgan fingerprint density at radius 2 is 1.56 bits per heavy atom. The Hall–Kier alpha value is -1.60. The van der Waals surface area contributed by atoms with E-state index in [0.717, 1.165) is 35.7 Å². The average Bonchev–Trinajstić information content (AvgIpc) is 2.70. The maximum Gasteiger partial charge on any atom is 0.410 e. The summed E-state index contributed by atoms with van der Waals surface area (Å²) in [5.74, 6) is -0.652. The molecule has 1 aromatic rings. The van der Waals surface area contributed by atoms with Crippen LogP contribution in [-0.2, 0) is 9.53 Å². The molecule has 2 aliphatic rings. The second kappa shape index (κ2) is 10.6. The zero-order valence-electron chi connectivity index (χ0n) is 19.6. The molecule has 1 saturated heterocycles. The maximum absolute atomic E-state index is 13.8. The molecular formula is C25H37BrN2O4. The van der Waals surface area contributed by atoms with Gasteiger partial charge in [-0.2, -0.15) is 0 Å². The van der Waals surface area contributed by atoms with Crippen LogP contribution < -0.4 is 0 Å². The smallest absolute Gasteiger partial charge is 0.410 e. The highest BCUT2D eigenvalue weighted by Gasteiger charge is 2.44. The van der Waals surface area contributed by atoms with E-state index in [0.29, 0.717) is 39.0 Å². The van der Waals surface area contributed by atoms with E-state index in [4.69, 9.17) is 4.74 Å². The fourth-order valence-corrected chi connectivity index (χ4v) is 5.21. The molecule has 178 valence electrons. The summed E-state index contributed by atoms with van der Waals surface area (Å²) in [4.78, 5) is 29.7. The quantitative estimate of drug-likeness (QED) is 0.617. The van der Waals surface area contributed by atoms with E-state index in [1.54, 1.807) is 4.90 Å². The monoisotopic (exact) mass is 508 g/mol. The largest absolute Gasteiger partial charge is 0.444 e. The van der Waals surface area contributed by atoms with Gasteiger partial charge in [0.25, 0.3) is 0 Å². The Morgan fingerprint density at radius 3 is 2.12 bits per heavy atom. The first kappa shape index (κ1) is 25.0. The number of piperazine rings is 1. The first-order valence-electron chi connectivity index (χ1n) is 11.8. The van der Waals surface area contributed by atoms with Crippen molar-refractivity contribution >= 4 is 27.9 Å². The second-order valence-corrected chi connectivity index (χ2v) is 11.1. The summed E-state index contributed by atoms with van der Waals surface area (Å²) in [7, 11) is 0. The molecule has 1 heterocycles. The molecular weight excluding hydrogens is 472 g/mol. The van der Waals surface area contributed by atoms with Gasteiger partial charge in [0, 0.05) is 30.7 Å². The van der Waals surface area contributed by atoms with Crippen LogP contribution in [0.15, 0.2) is 28.7 Å². The lowest BCUT2D eigenvalue weighted by molar-refractivity contribution is -0.142. The van der Waals surface area contributed by atoms with E-state index >= 15 is 0 Å². The van der Waals surface area contributed by atoms with Crippen LogP contribution in [0.1, 0.15) is 77.2 Å². The van der Waals surface area contributed by atoms with Crippen LogP contribution in [0.25, 0.3) is 0 Å². The van der Waals surface area contributed by atoms with Gasteiger partial charge in [-0.1, -0.05) is 60.2 Å². The normalized spacial score (nSPS) is 20.8. The lowest BCUT2D eigenvalue weighted by Crippen LogP contribution is -2.55. The number of nitrogens with zero attached hydrogens (tertiary/aromatic N) is 2. The van der Waals surface area contributed by atoms with Crippen molar-refractivity contribution in [1.29, 1.82) is 0 Å². The molecule has 6 nitrogen and oxygen atoms in total. The molecule has 3 rings (SSSR count). The van der Waals surface area contributed by atoms with E-state index in [-0.39, 0.29) is 12.0 Å². The Balaban J connectivity index is 1.78. The summed E-state index contributed by atoms with van der Waals surface area (Å²) in [5.41, 5.74) is -0.750. The lowest BCUT2D eigenvalue weighted by atomic mass is 9.73. The minimum atomic E-state index is -1.05. The third-order valence-corrected chi connectivity index (χ3v) is 6.92. The van der Waals surface area contributed by atoms with Crippen LogP contribution in [0, 0.1) is 0 Å². The van der Waals surface area contributed by atoms with Gasteiger partial charge in [0.05, 0.1) is 11.5 Å². The first-order chi connectivity index (χ1) is 15.1. The van der Waals surface area contributed by atoms with Crippen LogP contribution in [0.4, 0.5) is 4.79 Å². The number of halogens is 1. The van der Waals surface area contributed by atoms with Gasteiger partial charge < -0.3 is 19.6 Å². The summed E-state index contributed by atoms with van der Waals surface area (Å²) >= 11 is 3.53. The van der Waals surface area contributed by atoms with Crippen molar-refractivity contribution in [2.45, 2.75) is 82.8 Å². The van der Waals surface area contributed by atoms with Crippen LogP contribution in [0.3, 0.4) is 0 Å². The van der Waals surface area contributed by atoms with Crippen LogP contribution in [0.2, 0.25) is 0 Å². The van der Waals surface area contributed by atoms with Crippen molar-refractivity contribution in [2.75, 3.05) is 26.2 Å². The van der Waals surface area contributed by atoms with Gasteiger partial charge in [-0.15, -0.1) is 0 Å². The topological polar surface area (TPSA) is 70.1 Å². The third kappa shape index (κ3) is 6.47. The molecule has 0 aromatic heterocycles. The zero-order chi connectivity index (χ0) is 23.4. The highest BCUT2D eigenvalue weighted by atomic mass is 79.9. The van der Waals surface area contributed by atoms with Gasteiger partial charge in [-0.05, 0) is 51.3 Å². The van der Waals surface area contributed by atoms with E-state index in [2.05, 4.69) is 15.9 Å². The molecule has 0 bridgehead atoms. The summed E-state index contributed by atoms with van der Waals surface area (Å²) in [6.07, 6.45) is 6.17. The predicted octanol–water partition coefficient (Wildman–Crippen LogP) is 5.09. The minimum Gasteiger partial charge on any atom is -0.444 e. The number of carbonyl (C=O) groups excluding carboxylic acids is 2. The Labute approximate surface area is 200 Å². The molecule has 1 aliphatic heterocycles. The average molecular weight is 509 g/mol. The van der Waals surface area contributed by atoms with Gasteiger partial charge in [-0.25, -0.2) is 4.79 Å². The third-order valence-electron chi connectivity index (χ3n) is 6.43. The SMILES string of the molecule is CC(C)(C)OC(=O)N1CCN(C(=O)C(c2cccc(Br)c2)C2(O)CCCCCCC2)CC1. The molecule has 1 atom stereocenters. The molecule has 1 N–H and O–H groups in total. The van der Waals surface area contributed by atoms with E-state index in [9.17, 15) is 14.7 Å². The van der Waals surface area contributed by atoms with Gasteiger partial charge >= 0.3 is 6.09 Å². The van der Waals surface area contributed by atoms with Crippen molar-refractivity contribution in [1.82, 2.24) is 9.80 Å². The molecule has 1 unspecified atom stereocenters. The Morgan fingerprint density at radius 1 is 1.00 bits per heavy atom. The van der Waals surface area contributed by atoms with Crippen molar-refractivity contribution in [3.05, 3.63) is 34.3 Å². The fourth-order valence-electron chi connectivity index (χ4n) is 4.79. The number of rotatable bonds is 3. The van der Waals surface area contributed by atoms with Crippen molar-refractivity contribution in [3.63, 3.8) is 0 Å². The van der Waals surface area contributed by atoms with Gasteiger partial charge in [0.2, 0.25) is 5.91 Å². The molecule has 32 heavy (non-hydrogen) atoms. The number of amides is 2. The molecule has 2 amide bonds. The van der Waals surface area contributed by atoms with Gasteiger partial charge in [0.1, 0.15) is 5.60 Å². The number of ether oxygens (including phenoxy) is 1. The summed E-state index contributed by atoms with van der Waals surface area (Å²) in [6.45, 7) is 7.31. The van der Waals surface area contributed by atoms with Crippen LogP contribution in [-0.4, -0.2) is 64.3 Å². The molecule has 0 radical (unpaired) electrons. The van der Waals surface area contributed by atoms with E-state index in [1.807, 2.05) is 49.9 Å². The van der Waals surface area contributed by atoms with Gasteiger partial charge in [-0.3, -0.25) is 4.79 Å². The number of benzene rings is 1. The Kier molecular flexibility index (Phi) is 8.26. The summed E-state index contributed by atoms with van der Waals surface area (Å²) in [5, 5.41) is 11.8. The number of hydrogen-bond acceptors (Lipinski definition) is 4. The lowest BCUT2D eigenvalue weighted by Gasteiger charge is -2.42. The fraction of sp³-hybridized carbons (Fsp3) is 0.680. The highest BCUT2D eigenvalue weighted by Crippen LogP contribution is 2.40. The molecule has 1 aromatic carbocycles. The molecule has 1 aliphatic carbocycles. The van der Waals surface area contributed by atoms with Crippen molar-refractivity contribution < 1.29 is 19.4 Å². The van der Waals surface area contributed by atoms with Crippen molar-refractivity contribution in [3.8, 4) is 0 Å². The number of carbonyl (C=O) groups is 2. The summed E-state index contributed by atoms with van der Waals surface area (Å²) < 4.78 is 6.38. The standard InChI is InChI=1S/C25H37BrN2O4/c1-24(2,3)32-23(30)28-16-14-27(15-17-28)22(29)21(19-10-9-11-20(26)18-19)25(31)12-7-5-4-6-8-13-25/h9-11,18,21,31H,4-8,12-17H2,1-3H3. The van der Waals surface area contributed by atoms with E-state index in [1.165, 1.54) is 6.42 Å². The van der Waals surface area contributed by atoms with E-state index < -0.39 is 17.1 Å². The van der Waals surface area contributed by atoms with Crippen LogP contribution in [0.5, 0.6) is 0 Å². The summed E-state index contributed by atoms with van der Waals surface area (Å²) in [6, 6.07) is 7.76. The second-order valence-electron chi connectivity index (χ2n) is 10.2. The molecule has 0 spiro atoms. The van der Waals surface area contributed by atoms with Crippen molar-refractivity contribution in [2.24, 2.45) is 0 Å². The number of hydrogen-bond donors (Lipinski definition) is 1. The highest BCUT2D eigenvalue weighted by molar-refractivity contribution is 9.10. The van der Waals surface area contributed by atoms with Gasteiger partial charge in [0.15, 0.2) is 0 Å². The molecule has 1 saturated carbocycles. The van der Waals surface area contributed by atoms with Crippen LogP contribution >= 0.6 is 15.9 Å². The molecule has 2 fully saturated rings. The maximum atomic E-state index is 13.8. The first-order valence-corrected chi connectivity index (χ1v) is 12.6. The predicted molar refractivity (Wildman–Crippen MR) is 129 cm³/mol. The Bertz CT molecular complexity index is 791. The minimum absolute atomic E-state index is 0.0463.